The highest BCUT2D eigenvalue weighted by molar-refractivity contribution is 7.98. The summed E-state index contributed by atoms with van der Waals surface area (Å²) in [6, 6.07) is 8.19. The first-order valence-electron chi connectivity index (χ1n) is 9.28. The summed E-state index contributed by atoms with van der Waals surface area (Å²) in [4.78, 5) is 30.3. The zero-order chi connectivity index (χ0) is 18.2. The van der Waals surface area contributed by atoms with Gasteiger partial charge >= 0.3 is 0 Å². The third-order valence-electron chi connectivity index (χ3n) is 5.01. The lowest BCUT2D eigenvalue weighted by atomic mass is 10.0. The molecule has 0 aliphatic carbocycles. The van der Waals surface area contributed by atoms with Crippen molar-refractivity contribution in [2.24, 2.45) is 5.92 Å². The van der Waals surface area contributed by atoms with Crippen molar-refractivity contribution in [3.8, 4) is 0 Å². The van der Waals surface area contributed by atoms with Gasteiger partial charge in [-0.3, -0.25) is 9.59 Å². The van der Waals surface area contributed by atoms with Crippen LogP contribution in [-0.4, -0.2) is 54.0 Å². The van der Waals surface area contributed by atoms with E-state index in [9.17, 15) is 9.59 Å². The number of rotatable bonds is 6. The molecule has 1 heterocycles. The third-order valence-corrected chi connectivity index (χ3v) is 5.75. The number of hydrogen-bond acceptors (Lipinski definition) is 3. The van der Waals surface area contributed by atoms with E-state index in [1.807, 2.05) is 28.2 Å². The van der Waals surface area contributed by atoms with E-state index in [0.717, 1.165) is 37.9 Å². The van der Waals surface area contributed by atoms with Crippen molar-refractivity contribution in [1.82, 2.24) is 9.80 Å². The lowest BCUT2D eigenvalue weighted by Crippen LogP contribution is -2.40. The summed E-state index contributed by atoms with van der Waals surface area (Å²) in [5.41, 5.74) is 1.05. The first kappa shape index (κ1) is 19.8. The van der Waals surface area contributed by atoms with Gasteiger partial charge in [0.05, 0.1) is 6.42 Å². The lowest BCUT2D eigenvalue weighted by molar-refractivity contribution is -0.136. The molecule has 0 N–H and O–H groups in total. The quantitative estimate of drug-likeness (QED) is 0.728. The molecule has 4 nitrogen and oxygen atoms in total. The summed E-state index contributed by atoms with van der Waals surface area (Å²) in [5, 5.41) is 0. The van der Waals surface area contributed by atoms with Gasteiger partial charge in [0.15, 0.2) is 0 Å². The molecule has 1 aromatic carbocycles. The molecular formula is C20H30N2O2S. The highest BCUT2D eigenvalue weighted by atomic mass is 32.2. The molecule has 138 valence electrons. The van der Waals surface area contributed by atoms with Gasteiger partial charge in [0.25, 0.3) is 0 Å². The number of carbonyl (C=O) groups is 2. The van der Waals surface area contributed by atoms with Crippen molar-refractivity contribution >= 4 is 23.6 Å². The summed E-state index contributed by atoms with van der Waals surface area (Å²) in [6.07, 6.45) is 5.13. The van der Waals surface area contributed by atoms with Crippen LogP contribution in [-0.2, 0) is 16.0 Å². The lowest BCUT2D eigenvalue weighted by Gasteiger charge is -2.25. The van der Waals surface area contributed by atoms with Crippen molar-refractivity contribution < 1.29 is 9.59 Å². The molecule has 1 aliphatic heterocycles. The molecule has 0 bridgehead atoms. The zero-order valence-electron chi connectivity index (χ0n) is 15.7. The molecule has 0 atom stereocenters. The molecule has 1 aliphatic rings. The zero-order valence-corrected chi connectivity index (χ0v) is 16.5. The van der Waals surface area contributed by atoms with Gasteiger partial charge in [-0.25, -0.2) is 0 Å². The fourth-order valence-electron chi connectivity index (χ4n) is 3.31. The minimum Gasteiger partial charge on any atom is -0.341 e. The minimum atomic E-state index is 0.122. The number of thioether (sulfide) groups is 1. The monoisotopic (exact) mass is 362 g/mol. The predicted octanol–water partition coefficient (Wildman–Crippen LogP) is 3.45. The fraction of sp³-hybridized carbons (Fsp3) is 0.600. The summed E-state index contributed by atoms with van der Waals surface area (Å²) in [7, 11) is 0. The van der Waals surface area contributed by atoms with Crippen LogP contribution in [0.25, 0.3) is 0 Å². The van der Waals surface area contributed by atoms with Gasteiger partial charge in [0.1, 0.15) is 0 Å². The van der Waals surface area contributed by atoms with Gasteiger partial charge in [0, 0.05) is 37.0 Å². The van der Waals surface area contributed by atoms with E-state index < -0.39 is 0 Å². The van der Waals surface area contributed by atoms with Gasteiger partial charge in [-0.15, -0.1) is 11.8 Å². The van der Waals surface area contributed by atoms with Crippen molar-refractivity contribution in [3.63, 3.8) is 0 Å². The molecule has 2 amide bonds. The van der Waals surface area contributed by atoms with E-state index in [1.165, 1.54) is 4.90 Å². The van der Waals surface area contributed by atoms with E-state index in [4.69, 9.17) is 0 Å². The second kappa shape index (κ2) is 9.85. The van der Waals surface area contributed by atoms with Crippen LogP contribution in [0, 0.1) is 5.92 Å². The van der Waals surface area contributed by atoms with Gasteiger partial charge in [-0.1, -0.05) is 26.0 Å². The summed E-state index contributed by atoms with van der Waals surface area (Å²) in [6.45, 7) is 6.96. The molecule has 1 fully saturated rings. The van der Waals surface area contributed by atoms with Crippen LogP contribution in [0.3, 0.4) is 0 Å². The van der Waals surface area contributed by atoms with Crippen LogP contribution in [0.1, 0.15) is 38.7 Å². The van der Waals surface area contributed by atoms with Gasteiger partial charge in [-0.05, 0) is 43.2 Å². The van der Waals surface area contributed by atoms with Gasteiger partial charge in [-0.2, -0.15) is 0 Å². The Hall–Kier alpha value is -1.49. The fourth-order valence-corrected chi connectivity index (χ4v) is 3.72. The maximum atomic E-state index is 12.6. The predicted molar refractivity (Wildman–Crippen MR) is 104 cm³/mol. The smallest absolute Gasteiger partial charge is 0.227 e. The molecule has 0 radical (unpaired) electrons. The van der Waals surface area contributed by atoms with E-state index in [0.29, 0.717) is 19.5 Å². The minimum absolute atomic E-state index is 0.122. The summed E-state index contributed by atoms with van der Waals surface area (Å²) < 4.78 is 0. The van der Waals surface area contributed by atoms with E-state index in [-0.39, 0.29) is 17.7 Å². The molecule has 2 rings (SSSR count). The average Bonchev–Trinajstić information content (AvgIpc) is 2.89. The molecule has 1 aromatic rings. The Kier molecular flexibility index (Phi) is 7.82. The summed E-state index contributed by atoms with van der Waals surface area (Å²) >= 11 is 1.70. The van der Waals surface area contributed by atoms with Crippen LogP contribution in [0.5, 0.6) is 0 Å². The Labute approximate surface area is 156 Å². The third kappa shape index (κ3) is 5.50. The Balaban J connectivity index is 1.90. The topological polar surface area (TPSA) is 40.6 Å². The highest BCUT2D eigenvalue weighted by Gasteiger charge is 2.25. The number of hydrogen-bond donors (Lipinski definition) is 0. The molecule has 25 heavy (non-hydrogen) atoms. The first-order valence-corrected chi connectivity index (χ1v) is 10.5. The van der Waals surface area contributed by atoms with Crippen LogP contribution >= 0.6 is 11.8 Å². The SMILES string of the molecule is CCC(CC)C(=O)N1CCCN(C(=O)Cc2ccc(SC)cc2)CC1. The molecule has 0 saturated carbocycles. The second-order valence-electron chi connectivity index (χ2n) is 6.60. The normalized spacial score (nSPS) is 15.4. The van der Waals surface area contributed by atoms with Crippen molar-refractivity contribution in [1.29, 1.82) is 0 Å². The Morgan fingerprint density at radius 3 is 2.20 bits per heavy atom. The van der Waals surface area contributed by atoms with E-state index in [1.54, 1.807) is 11.8 Å². The van der Waals surface area contributed by atoms with E-state index >= 15 is 0 Å². The summed E-state index contributed by atoms with van der Waals surface area (Å²) in [5.74, 6) is 0.540. The van der Waals surface area contributed by atoms with Crippen molar-refractivity contribution in [2.75, 3.05) is 32.4 Å². The number of carbonyl (C=O) groups excluding carboxylic acids is 2. The van der Waals surface area contributed by atoms with Crippen LogP contribution < -0.4 is 0 Å². The molecule has 0 aromatic heterocycles. The number of benzene rings is 1. The van der Waals surface area contributed by atoms with Crippen LogP contribution in [0.2, 0.25) is 0 Å². The molecule has 0 spiro atoms. The van der Waals surface area contributed by atoms with Crippen LogP contribution in [0.15, 0.2) is 29.2 Å². The Morgan fingerprint density at radius 1 is 1.00 bits per heavy atom. The van der Waals surface area contributed by atoms with Gasteiger partial charge in [0.2, 0.25) is 11.8 Å². The maximum Gasteiger partial charge on any atom is 0.227 e. The largest absolute Gasteiger partial charge is 0.341 e. The molecule has 5 heteroatoms. The maximum absolute atomic E-state index is 12.6. The average molecular weight is 363 g/mol. The number of amides is 2. The standard InChI is InChI=1S/C20H30N2O2S/c1-4-17(5-2)20(24)22-12-6-11-21(13-14-22)19(23)15-16-7-9-18(25-3)10-8-16/h7-10,17H,4-6,11-15H2,1-3H3. The van der Waals surface area contributed by atoms with Crippen molar-refractivity contribution in [3.05, 3.63) is 29.8 Å². The Bertz CT molecular complexity index is 570. The second-order valence-corrected chi connectivity index (χ2v) is 7.48. The van der Waals surface area contributed by atoms with Crippen molar-refractivity contribution in [2.45, 2.75) is 44.4 Å². The molecule has 1 saturated heterocycles. The Morgan fingerprint density at radius 2 is 1.60 bits per heavy atom. The number of nitrogens with zero attached hydrogens (tertiary/aromatic N) is 2. The van der Waals surface area contributed by atoms with Gasteiger partial charge < -0.3 is 9.80 Å². The molecule has 0 unspecified atom stereocenters. The molecular weight excluding hydrogens is 332 g/mol. The first-order chi connectivity index (χ1) is 12.1. The highest BCUT2D eigenvalue weighted by Crippen LogP contribution is 2.17. The van der Waals surface area contributed by atoms with Crippen LogP contribution in [0.4, 0.5) is 0 Å². The van der Waals surface area contributed by atoms with E-state index in [2.05, 4.69) is 26.0 Å².